The fourth-order valence-electron chi connectivity index (χ4n) is 5.47. The molecule has 5 nitrogen and oxygen atoms in total. The summed E-state index contributed by atoms with van der Waals surface area (Å²) in [5, 5.41) is 8.74. The second kappa shape index (κ2) is 9.06. The number of esters is 1. The van der Waals surface area contributed by atoms with E-state index >= 15 is 0 Å². The van der Waals surface area contributed by atoms with E-state index in [0.717, 1.165) is 17.5 Å². The van der Waals surface area contributed by atoms with Crippen LogP contribution >= 0.6 is 0 Å². The predicted octanol–water partition coefficient (Wildman–Crippen LogP) is 6.26. The summed E-state index contributed by atoms with van der Waals surface area (Å²) in [5.74, 6) is 0.351. The molecule has 0 radical (unpaired) electrons. The van der Waals surface area contributed by atoms with E-state index in [1.54, 1.807) is 0 Å². The Morgan fingerprint density at radius 3 is 2.06 bits per heavy atom. The Labute approximate surface area is 206 Å². The monoisotopic (exact) mass is 465 g/mol. The van der Waals surface area contributed by atoms with Crippen molar-refractivity contribution in [2.45, 2.75) is 39.7 Å². The maximum absolute atomic E-state index is 13.4. The lowest BCUT2D eigenvalue weighted by Gasteiger charge is -2.42. The molecule has 5 rings (SSSR count). The lowest BCUT2D eigenvalue weighted by molar-refractivity contribution is 0.0528. The van der Waals surface area contributed by atoms with Crippen LogP contribution in [0.2, 0.25) is 0 Å². The summed E-state index contributed by atoms with van der Waals surface area (Å²) in [6.45, 7) is 9.18. The maximum atomic E-state index is 13.4. The predicted molar refractivity (Wildman–Crippen MR) is 140 cm³/mol. The molecule has 35 heavy (non-hydrogen) atoms. The minimum absolute atomic E-state index is 0.303. The van der Waals surface area contributed by atoms with Crippen LogP contribution in [-0.2, 0) is 10.3 Å². The third-order valence-corrected chi connectivity index (χ3v) is 7.09. The largest absolute Gasteiger partial charge is 0.462 e. The number of hydrogen-bond acceptors (Lipinski definition) is 4. The normalized spacial score (nSPS) is 14.2. The molecular formula is C30H31N3O2. The van der Waals surface area contributed by atoms with E-state index in [1.165, 1.54) is 22.3 Å². The highest BCUT2D eigenvalue weighted by atomic mass is 16.5. The highest BCUT2D eigenvalue weighted by Crippen LogP contribution is 2.47. The zero-order valence-corrected chi connectivity index (χ0v) is 20.8. The maximum Gasteiger partial charge on any atom is 0.344 e. The molecule has 1 aromatic heterocycles. The molecule has 0 unspecified atom stereocenters. The van der Waals surface area contributed by atoms with Crippen molar-refractivity contribution in [2.75, 3.05) is 18.5 Å². The Morgan fingerprint density at radius 2 is 1.49 bits per heavy atom. The van der Waals surface area contributed by atoms with E-state index in [9.17, 15) is 4.79 Å². The van der Waals surface area contributed by atoms with Gasteiger partial charge in [-0.25, -0.2) is 9.48 Å². The van der Waals surface area contributed by atoms with Gasteiger partial charge in [0, 0.05) is 12.1 Å². The number of anilines is 1. The molecule has 0 atom stereocenters. The van der Waals surface area contributed by atoms with Crippen LogP contribution in [0.25, 0.3) is 11.3 Å². The van der Waals surface area contributed by atoms with Crippen molar-refractivity contribution in [1.29, 1.82) is 0 Å². The van der Waals surface area contributed by atoms with Crippen LogP contribution in [0.1, 0.15) is 51.5 Å². The summed E-state index contributed by atoms with van der Waals surface area (Å²) < 4.78 is 7.60. The van der Waals surface area contributed by atoms with Crippen LogP contribution in [0.15, 0.2) is 72.8 Å². The summed E-state index contributed by atoms with van der Waals surface area (Å²) in [4.78, 5) is 13.4. The smallest absolute Gasteiger partial charge is 0.344 e. The quantitative estimate of drug-likeness (QED) is 0.354. The standard InChI is InChI=1S/C30H31N3O2/c1-5-35-29(34)26-27(23-15-9-6-12-20(23)2)32-33-28(26)31-19-18-30(33,24-16-10-7-13-21(24)3)25-17-11-8-14-22(25)4/h6-17,31H,5,18-19H2,1-4H3. The molecule has 0 amide bonds. The zero-order valence-electron chi connectivity index (χ0n) is 20.8. The fraction of sp³-hybridized carbons (Fsp3) is 0.267. The highest BCUT2D eigenvalue weighted by Gasteiger charge is 2.45. The number of fused-ring (bicyclic) bond motifs is 1. The van der Waals surface area contributed by atoms with Gasteiger partial charge in [0.1, 0.15) is 22.6 Å². The summed E-state index contributed by atoms with van der Waals surface area (Å²) in [6, 6.07) is 25.0. The second-order valence-electron chi connectivity index (χ2n) is 9.19. The molecule has 1 N–H and O–H groups in total. The minimum atomic E-state index is -0.570. The van der Waals surface area contributed by atoms with E-state index in [-0.39, 0.29) is 5.97 Å². The van der Waals surface area contributed by atoms with Gasteiger partial charge in [-0.05, 0) is 61.9 Å². The number of ether oxygens (including phenoxy) is 1. The van der Waals surface area contributed by atoms with Crippen LogP contribution < -0.4 is 5.32 Å². The van der Waals surface area contributed by atoms with Gasteiger partial charge >= 0.3 is 5.97 Å². The number of aromatic nitrogens is 2. The second-order valence-corrected chi connectivity index (χ2v) is 9.19. The van der Waals surface area contributed by atoms with Gasteiger partial charge in [0.05, 0.1) is 6.61 Å². The van der Waals surface area contributed by atoms with Crippen molar-refractivity contribution in [1.82, 2.24) is 9.78 Å². The number of carbonyl (C=O) groups excluding carboxylic acids is 1. The van der Waals surface area contributed by atoms with Crippen molar-refractivity contribution < 1.29 is 9.53 Å². The van der Waals surface area contributed by atoms with Crippen LogP contribution in [-0.4, -0.2) is 28.9 Å². The SMILES string of the molecule is CCOC(=O)c1c(-c2ccccc2C)nn2c1NCCC2(c1ccccc1C)c1ccccc1C. The van der Waals surface area contributed by atoms with Gasteiger partial charge in [0.2, 0.25) is 0 Å². The Bertz CT molecular complexity index is 1360. The number of carbonyl (C=O) groups is 1. The minimum Gasteiger partial charge on any atom is -0.462 e. The molecule has 0 fully saturated rings. The molecule has 178 valence electrons. The van der Waals surface area contributed by atoms with E-state index in [0.29, 0.717) is 30.2 Å². The highest BCUT2D eigenvalue weighted by molar-refractivity contribution is 6.02. The van der Waals surface area contributed by atoms with Crippen molar-refractivity contribution in [3.8, 4) is 11.3 Å². The van der Waals surface area contributed by atoms with Gasteiger partial charge in [-0.15, -0.1) is 0 Å². The van der Waals surface area contributed by atoms with Crippen molar-refractivity contribution in [3.05, 3.63) is 106 Å². The molecule has 4 aromatic rings. The summed E-state index contributed by atoms with van der Waals surface area (Å²) in [5.41, 5.74) is 7.32. The molecule has 0 aliphatic carbocycles. The number of nitrogens with zero attached hydrogens (tertiary/aromatic N) is 2. The molecule has 3 aromatic carbocycles. The van der Waals surface area contributed by atoms with Gasteiger partial charge in [0.15, 0.2) is 0 Å². The number of benzene rings is 3. The lowest BCUT2D eigenvalue weighted by atomic mass is 9.75. The van der Waals surface area contributed by atoms with Crippen molar-refractivity contribution >= 4 is 11.8 Å². The zero-order chi connectivity index (χ0) is 24.6. The molecule has 0 bridgehead atoms. The number of nitrogens with one attached hydrogen (secondary N) is 1. The molecule has 5 heteroatoms. The van der Waals surface area contributed by atoms with E-state index < -0.39 is 5.54 Å². The first-order chi connectivity index (χ1) is 17.0. The summed E-state index contributed by atoms with van der Waals surface area (Å²) in [7, 11) is 0. The van der Waals surface area contributed by atoms with Gasteiger partial charge in [-0.3, -0.25) is 0 Å². The lowest BCUT2D eigenvalue weighted by Crippen LogP contribution is -2.44. The Balaban J connectivity index is 1.90. The number of hydrogen-bond donors (Lipinski definition) is 1. The van der Waals surface area contributed by atoms with Gasteiger partial charge in [-0.2, -0.15) is 5.10 Å². The van der Waals surface area contributed by atoms with Gasteiger partial charge < -0.3 is 10.1 Å². The fourth-order valence-corrected chi connectivity index (χ4v) is 5.47. The number of rotatable bonds is 5. The van der Waals surface area contributed by atoms with E-state index in [2.05, 4.69) is 72.4 Å². The Morgan fingerprint density at radius 1 is 0.914 bits per heavy atom. The van der Waals surface area contributed by atoms with E-state index in [1.807, 2.05) is 38.1 Å². The van der Waals surface area contributed by atoms with Crippen LogP contribution in [0.5, 0.6) is 0 Å². The first-order valence-corrected chi connectivity index (χ1v) is 12.2. The molecule has 0 saturated carbocycles. The van der Waals surface area contributed by atoms with Crippen LogP contribution in [0, 0.1) is 20.8 Å². The molecule has 1 aliphatic heterocycles. The average Bonchev–Trinajstić information content (AvgIpc) is 3.25. The van der Waals surface area contributed by atoms with Crippen LogP contribution in [0.3, 0.4) is 0 Å². The van der Waals surface area contributed by atoms with Crippen LogP contribution in [0.4, 0.5) is 5.82 Å². The van der Waals surface area contributed by atoms with E-state index in [4.69, 9.17) is 9.84 Å². The number of aryl methyl sites for hydroxylation is 3. The topological polar surface area (TPSA) is 56.1 Å². The third kappa shape index (κ3) is 3.63. The first-order valence-electron chi connectivity index (χ1n) is 12.2. The van der Waals surface area contributed by atoms with Crippen molar-refractivity contribution in [3.63, 3.8) is 0 Å². The third-order valence-electron chi connectivity index (χ3n) is 7.09. The molecular weight excluding hydrogens is 434 g/mol. The van der Waals surface area contributed by atoms with Gasteiger partial charge in [0.25, 0.3) is 0 Å². The molecule has 2 heterocycles. The van der Waals surface area contributed by atoms with Crippen molar-refractivity contribution in [2.24, 2.45) is 0 Å². The first kappa shape index (κ1) is 22.9. The molecule has 0 saturated heterocycles. The molecule has 0 spiro atoms. The Hall–Kier alpha value is -3.86. The average molecular weight is 466 g/mol. The molecule has 1 aliphatic rings. The van der Waals surface area contributed by atoms with Gasteiger partial charge in [-0.1, -0.05) is 72.8 Å². The Kier molecular flexibility index (Phi) is 5.93. The summed E-state index contributed by atoms with van der Waals surface area (Å²) >= 11 is 0. The summed E-state index contributed by atoms with van der Waals surface area (Å²) in [6.07, 6.45) is 0.798.